The monoisotopic (exact) mass is 284 g/mol. The van der Waals surface area contributed by atoms with E-state index in [2.05, 4.69) is 22.2 Å². The van der Waals surface area contributed by atoms with Crippen LogP contribution in [-0.4, -0.2) is 16.5 Å². The zero-order valence-corrected chi connectivity index (χ0v) is 12.5. The van der Waals surface area contributed by atoms with Crippen LogP contribution < -0.4 is 11.1 Å². The van der Waals surface area contributed by atoms with Gasteiger partial charge in [0.25, 0.3) is 0 Å². The molecule has 1 heterocycles. The van der Waals surface area contributed by atoms with E-state index in [0.717, 1.165) is 13.0 Å². The number of halogens is 1. The molecule has 1 aromatic rings. The summed E-state index contributed by atoms with van der Waals surface area (Å²) >= 11 is 5.72. The SMILES string of the molecule is CCCCCCCCCCNc1nc(Cl)ncc1N. The molecule has 0 spiro atoms. The molecule has 0 saturated carbocycles. The minimum absolute atomic E-state index is 0.229. The van der Waals surface area contributed by atoms with Crippen LogP contribution in [0, 0.1) is 0 Å². The first-order valence-electron chi connectivity index (χ1n) is 7.26. The summed E-state index contributed by atoms with van der Waals surface area (Å²) in [6.45, 7) is 3.13. The number of nitrogens with zero attached hydrogens (tertiary/aromatic N) is 2. The molecule has 0 saturated heterocycles. The van der Waals surface area contributed by atoms with Crippen molar-refractivity contribution in [2.75, 3.05) is 17.6 Å². The number of hydrogen-bond donors (Lipinski definition) is 2. The van der Waals surface area contributed by atoms with Gasteiger partial charge < -0.3 is 11.1 Å². The van der Waals surface area contributed by atoms with Crippen molar-refractivity contribution in [1.82, 2.24) is 9.97 Å². The first-order valence-corrected chi connectivity index (χ1v) is 7.63. The van der Waals surface area contributed by atoms with Gasteiger partial charge in [-0.05, 0) is 18.0 Å². The van der Waals surface area contributed by atoms with Crippen LogP contribution in [0.25, 0.3) is 0 Å². The van der Waals surface area contributed by atoms with Crippen LogP contribution in [0.3, 0.4) is 0 Å². The Morgan fingerprint density at radius 2 is 1.74 bits per heavy atom. The fraction of sp³-hybridized carbons (Fsp3) is 0.714. The Kier molecular flexibility index (Phi) is 8.30. The minimum atomic E-state index is 0.229. The highest BCUT2D eigenvalue weighted by Crippen LogP contribution is 2.16. The predicted molar refractivity (Wildman–Crippen MR) is 82.6 cm³/mol. The summed E-state index contributed by atoms with van der Waals surface area (Å²) in [7, 11) is 0. The van der Waals surface area contributed by atoms with E-state index < -0.39 is 0 Å². The number of anilines is 2. The molecule has 0 fully saturated rings. The third-order valence-corrected chi connectivity index (χ3v) is 3.29. The van der Waals surface area contributed by atoms with Gasteiger partial charge in [0.2, 0.25) is 5.28 Å². The second-order valence-electron chi connectivity index (χ2n) is 4.84. The average Bonchev–Trinajstić information content (AvgIpc) is 2.40. The van der Waals surface area contributed by atoms with Gasteiger partial charge in [0.05, 0.1) is 11.9 Å². The minimum Gasteiger partial charge on any atom is -0.394 e. The van der Waals surface area contributed by atoms with Crippen LogP contribution in [0.1, 0.15) is 58.3 Å². The second-order valence-corrected chi connectivity index (χ2v) is 5.18. The Morgan fingerprint density at radius 1 is 1.11 bits per heavy atom. The molecule has 0 aliphatic heterocycles. The lowest BCUT2D eigenvalue weighted by Gasteiger charge is -2.07. The van der Waals surface area contributed by atoms with Crippen molar-refractivity contribution in [1.29, 1.82) is 0 Å². The zero-order valence-electron chi connectivity index (χ0n) is 11.8. The van der Waals surface area contributed by atoms with Crippen LogP contribution in [0.5, 0.6) is 0 Å². The lowest BCUT2D eigenvalue weighted by Crippen LogP contribution is -2.07. The summed E-state index contributed by atoms with van der Waals surface area (Å²) in [4.78, 5) is 7.88. The number of hydrogen-bond acceptors (Lipinski definition) is 4. The summed E-state index contributed by atoms with van der Waals surface area (Å²) < 4.78 is 0. The zero-order chi connectivity index (χ0) is 13.9. The molecule has 0 radical (unpaired) electrons. The van der Waals surface area contributed by atoms with Gasteiger partial charge in [-0.25, -0.2) is 4.98 Å². The van der Waals surface area contributed by atoms with Crippen LogP contribution in [0.15, 0.2) is 6.20 Å². The van der Waals surface area contributed by atoms with E-state index in [1.807, 2.05) is 0 Å². The van der Waals surface area contributed by atoms with E-state index in [4.69, 9.17) is 17.3 Å². The average molecular weight is 285 g/mol. The predicted octanol–water partition coefficient (Wildman–Crippen LogP) is 4.26. The van der Waals surface area contributed by atoms with Crippen LogP contribution in [-0.2, 0) is 0 Å². The van der Waals surface area contributed by atoms with E-state index in [-0.39, 0.29) is 5.28 Å². The smallest absolute Gasteiger partial charge is 0.224 e. The Labute approximate surface area is 121 Å². The molecule has 0 atom stereocenters. The molecular weight excluding hydrogens is 260 g/mol. The molecule has 108 valence electrons. The summed E-state index contributed by atoms with van der Waals surface area (Å²) in [5.74, 6) is 0.642. The van der Waals surface area contributed by atoms with E-state index in [0.29, 0.717) is 11.5 Å². The van der Waals surface area contributed by atoms with Crippen molar-refractivity contribution in [3.05, 3.63) is 11.5 Å². The van der Waals surface area contributed by atoms with E-state index in [9.17, 15) is 0 Å². The number of unbranched alkanes of at least 4 members (excludes halogenated alkanes) is 7. The maximum absolute atomic E-state index is 5.75. The van der Waals surface area contributed by atoms with Crippen molar-refractivity contribution >= 4 is 23.1 Å². The molecule has 3 N–H and O–H groups in total. The van der Waals surface area contributed by atoms with E-state index in [1.54, 1.807) is 0 Å². The third-order valence-electron chi connectivity index (χ3n) is 3.11. The third kappa shape index (κ3) is 7.21. The van der Waals surface area contributed by atoms with Gasteiger partial charge in [-0.1, -0.05) is 51.9 Å². The first kappa shape index (κ1) is 16.0. The lowest BCUT2D eigenvalue weighted by atomic mass is 10.1. The fourth-order valence-electron chi connectivity index (χ4n) is 1.98. The second kappa shape index (κ2) is 9.84. The first-order chi connectivity index (χ1) is 9.24. The Bertz CT molecular complexity index is 357. The standard InChI is InChI=1S/C14H25ClN4/c1-2-3-4-5-6-7-8-9-10-17-13-12(16)11-18-14(15)19-13/h11H,2-10,16H2,1H3,(H,17,18,19). The van der Waals surface area contributed by atoms with Gasteiger partial charge in [0, 0.05) is 6.54 Å². The van der Waals surface area contributed by atoms with E-state index in [1.165, 1.54) is 51.1 Å². The lowest BCUT2D eigenvalue weighted by molar-refractivity contribution is 0.581. The number of nitrogens with two attached hydrogens (primary N) is 1. The van der Waals surface area contributed by atoms with Crippen molar-refractivity contribution in [3.63, 3.8) is 0 Å². The van der Waals surface area contributed by atoms with Gasteiger partial charge in [-0.15, -0.1) is 0 Å². The van der Waals surface area contributed by atoms with Gasteiger partial charge in [-0.3, -0.25) is 0 Å². The molecule has 5 heteroatoms. The maximum atomic E-state index is 5.75. The molecule has 19 heavy (non-hydrogen) atoms. The molecule has 0 unspecified atom stereocenters. The topological polar surface area (TPSA) is 63.8 Å². The summed E-state index contributed by atoms with van der Waals surface area (Å²) in [6, 6.07) is 0. The van der Waals surface area contributed by atoms with Crippen molar-refractivity contribution < 1.29 is 0 Å². The number of rotatable bonds is 10. The normalized spacial score (nSPS) is 10.6. The Hall–Kier alpha value is -1.03. The number of aromatic nitrogens is 2. The van der Waals surface area contributed by atoms with Crippen LogP contribution in [0.2, 0.25) is 5.28 Å². The van der Waals surface area contributed by atoms with Gasteiger partial charge in [0.1, 0.15) is 0 Å². The molecule has 0 aliphatic carbocycles. The molecule has 4 nitrogen and oxygen atoms in total. The van der Waals surface area contributed by atoms with Gasteiger partial charge in [0.15, 0.2) is 5.82 Å². The number of nitrogens with one attached hydrogen (secondary N) is 1. The van der Waals surface area contributed by atoms with Crippen LogP contribution >= 0.6 is 11.6 Å². The largest absolute Gasteiger partial charge is 0.394 e. The van der Waals surface area contributed by atoms with Gasteiger partial charge in [-0.2, -0.15) is 4.98 Å². The highest BCUT2D eigenvalue weighted by atomic mass is 35.5. The summed E-state index contributed by atoms with van der Waals surface area (Å²) in [5, 5.41) is 3.43. The van der Waals surface area contributed by atoms with Crippen LogP contribution in [0.4, 0.5) is 11.5 Å². The summed E-state index contributed by atoms with van der Waals surface area (Å²) in [6.07, 6.45) is 12.0. The van der Waals surface area contributed by atoms with Gasteiger partial charge >= 0.3 is 0 Å². The molecule has 0 aromatic carbocycles. The maximum Gasteiger partial charge on any atom is 0.224 e. The molecule has 0 aliphatic rings. The highest BCUT2D eigenvalue weighted by Gasteiger charge is 2.01. The summed E-state index contributed by atoms with van der Waals surface area (Å²) in [5.41, 5.74) is 6.30. The van der Waals surface area contributed by atoms with Crippen molar-refractivity contribution in [2.24, 2.45) is 0 Å². The van der Waals surface area contributed by atoms with Crippen molar-refractivity contribution in [2.45, 2.75) is 58.3 Å². The van der Waals surface area contributed by atoms with E-state index >= 15 is 0 Å². The molecular formula is C14H25ClN4. The molecule has 1 rings (SSSR count). The fourth-order valence-corrected chi connectivity index (χ4v) is 2.11. The molecule has 0 bridgehead atoms. The Morgan fingerprint density at radius 3 is 2.42 bits per heavy atom. The van der Waals surface area contributed by atoms with Crippen molar-refractivity contribution in [3.8, 4) is 0 Å². The Balaban J connectivity index is 2.03. The molecule has 0 amide bonds. The highest BCUT2D eigenvalue weighted by molar-refractivity contribution is 6.28. The molecule has 1 aromatic heterocycles. The number of nitrogen functional groups attached to an aromatic ring is 1. The quantitative estimate of drug-likeness (QED) is 0.497.